The molecule has 0 bridgehead atoms. The van der Waals surface area contributed by atoms with Gasteiger partial charge < -0.3 is 19.8 Å². The highest BCUT2D eigenvalue weighted by Gasteiger charge is 2.36. The number of anilines is 3. The van der Waals surface area contributed by atoms with Crippen LogP contribution in [-0.2, 0) is 16.0 Å². The molecular weight excluding hydrogens is 594 g/mol. The summed E-state index contributed by atoms with van der Waals surface area (Å²) < 4.78 is 15.3. The number of aliphatic hydroxyl groups excluding tert-OH is 1. The molecule has 1 atom stereocenters. The zero-order valence-electron chi connectivity index (χ0n) is 23.9. The van der Waals surface area contributed by atoms with E-state index in [9.17, 15) is 24.3 Å². The molecule has 2 aliphatic heterocycles. The molecule has 0 spiro atoms. The quantitative estimate of drug-likeness (QED) is 0.312. The number of β-amino-alcohol motifs (C(OH)–C–C–N with tert-alkyl or cyclic N) is 1. The molecule has 3 aromatic heterocycles. The molecule has 224 valence electrons. The highest BCUT2D eigenvalue weighted by Crippen LogP contribution is 2.38. The van der Waals surface area contributed by atoms with Gasteiger partial charge in [-0.25, -0.2) is 14.4 Å². The fourth-order valence-electron chi connectivity index (χ4n) is 5.39. The standard InChI is InChI=1S/C28H30FN9O3S2/c1-4-20-25(34(3)26-32-24(22(11-30)42-26)17-5-7-18(29)8-6-17)38-27(31-20)43-28(33-38)36-10-9-35(21(14-36)16(2)39)15-23(41)37-12-19(40)13-37/h5-8,19,21,40H,4,9-10,12-15H2,1-3H3/t21-/m0/s1. The van der Waals surface area contributed by atoms with Gasteiger partial charge >= 0.3 is 0 Å². The zero-order valence-corrected chi connectivity index (χ0v) is 25.5. The molecule has 1 N–H and O–H groups in total. The Kier molecular flexibility index (Phi) is 7.86. The average molecular weight is 624 g/mol. The molecule has 4 aromatic rings. The maximum absolute atomic E-state index is 13.5. The summed E-state index contributed by atoms with van der Waals surface area (Å²) >= 11 is 2.67. The summed E-state index contributed by atoms with van der Waals surface area (Å²) in [7, 11) is 1.86. The second-order valence-electron chi connectivity index (χ2n) is 10.7. The minimum atomic E-state index is -0.466. The van der Waals surface area contributed by atoms with Crippen LogP contribution < -0.4 is 9.80 Å². The van der Waals surface area contributed by atoms with Gasteiger partial charge in [0.1, 0.15) is 28.2 Å². The van der Waals surface area contributed by atoms with E-state index in [0.29, 0.717) is 70.5 Å². The van der Waals surface area contributed by atoms with Crippen molar-refractivity contribution in [2.45, 2.75) is 32.4 Å². The lowest BCUT2D eigenvalue weighted by atomic mass is 10.1. The van der Waals surface area contributed by atoms with Crippen molar-refractivity contribution in [3.05, 3.63) is 40.7 Å². The maximum Gasteiger partial charge on any atom is 0.236 e. The molecule has 0 saturated carbocycles. The summed E-state index contributed by atoms with van der Waals surface area (Å²) in [4.78, 5) is 43.4. The molecule has 0 radical (unpaired) electrons. The van der Waals surface area contributed by atoms with Crippen molar-refractivity contribution in [2.24, 2.45) is 0 Å². The number of halogens is 1. The van der Waals surface area contributed by atoms with Gasteiger partial charge in [0.2, 0.25) is 16.0 Å². The van der Waals surface area contributed by atoms with Gasteiger partial charge in [0, 0.05) is 45.3 Å². The summed E-state index contributed by atoms with van der Waals surface area (Å²) in [6.07, 6.45) is 0.186. The van der Waals surface area contributed by atoms with Gasteiger partial charge in [0.05, 0.1) is 24.4 Å². The van der Waals surface area contributed by atoms with Gasteiger partial charge in [-0.1, -0.05) is 29.6 Å². The number of hydrogen-bond donors (Lipinski definition) is 1. The predicted octanol–water partition coefficient (Wildman–Crippen LogP) is 2.54. The monoisotopic (exact) mass is 623 g/mol. The van der Waals surface area contributed by atoms with Crippen LogP contribution in [0.2, 0.25) is 0 Å². The number of imidazole rings is 1. The zero-order chi connectivity index (χ0) is 30.4. The van der Waals surface area contributed by atoms with Crippen LogP contribution in [0.3, 0.4) is 0 Å². The number of carbonyl (C=O) groups is 2. The molecule has 1 aromatic carbocycles. The van der Waals surface area contributed by atoms with Crippen molar-refractivity contribution < 1.29 is 19.1 Å². The molecule has 15 heteroatoms. The van der Waals surface area contributed by atoms with E-state index in [-0.39, 0.29) is 24.1 Å². The minimum absolute atomic E-state index is 0.0230. The molecular formula is C28H30FN9O3S2. The average Bonchev–Trinajstić information content (AvgIpc) is 3.68. The van der Waals surface area contributed by atoms with Crippen molar-refractivity contribution >= 4 is 55.4 Å². The van der Waals surface area contributed by atoms with Crippen LogP contribution in [0.5, 0.6) is 0 Å². The molecule has 2 fully saturated rings. The van der Waals surface area contributed by atoms with Crippen LogP contribution in [0.1, 0.15) is 24.4 Å². The summed E-state index contributed by atoms with van der Waals surface area (Å²) in [5.41, 5.74) is 1.97. The van der Waals surface area contributed by atoms with E-state index in [1.54, 1.807) is 21.5 Å². The lowest BCUT2D eigenvalue weighted by molar-refractivity contribution is -0.143. The fourth-order valence-corrected chi connectivity index (χ4v) is 7.19. The molecule has 1 amide bonds. The third kappa shape index (κ3) is 5.47. The molecule has 43 heavy (non-hydrogen) atoms. The highest BCUT2D eigenvalue weighted by atomic mass is 32.1. The number of piperazine rings is 1. The van der Waals surface area contributed by atoms with Gasteiger partial charge in [-0.2, -0.15) is 9.78 Å². The van der Waals surface area contributed by atoms with Crippen LogP contribution in [0, 0.1) is 17.1 Å². The molecule has 0 unspecified atom stereocenters. The van der Waals surface area contributed by atoms with Crippen molar-refractivity contribution in [1.29, 1.82) is 5.26 Å². The molecule has 0 aliphatic carbocycles. The van der Waals surface area contributed by atoms with Crippen molar-refractivity contribution in [2.75, 3.05) is 56.1 Å². The molecule has 2 saturated heterocycles. The van der Waals surface area contributed by atoms with Crippen molar-refractivity contribution in [3.8, 4) is 17.3 Å². The van der Waals surface area contributed by atoms with Crippen molar-refractivity contribution in [1.82, 2.24) is 29.4 Å². The van der Waals surface area contributed by atoms with Crippen LogP contribution >= 0.6 is 22.7 Å². The number of aryl methyl sites for hydroxylation is 1. The first-order valence-electron chi connectivity index (χ1n) is 13.9. The number of rotatable bonds is 8. The molecule has 6 rings (SSSR count). The number of aliphatic hydroxyl groups is 1. The number of nitrogens with zero attached hydrogens (tertiary/aromatic N) is 9. The second-order valence-corrected chi connectivity index (χ2v) is 12.6. The molecule has 12 nitrogen and oxygen atoms in total. The van der Waals surface area contributed by atoms with E-state index >= 15 is 0 Å². The first-order valence-corrected chi connectivity index (χ1v) is 15.5. The van der Waals surface area contributed by atoms with E-state index < -0.39 is 12.1 Å². The number of likely N-dealkylation sites (tertiary alicyclic amines) is 1. The number of ketones is 1. The van der Waals surface area contributed by atoms with Crippen molar-refractivity contribution in [3.63, 3.8) is 0 Å². The van der Waals surface area contributed by atoms with Gasteiger partial charge in [0.15, 0.2) is 10.9 Å². The summed E-state index contributed by atoms with van der Waals surface area (Å²) in [5, 5.41) is 25.5. The van der Waals surface area contributed by atoms with Gasteiger partial charge in [-0.15, -0.1) is 5.10 Å². The lowest BCUT2D eigenvalue weighted by Crippen LogP contribution is -2.61. The van der Waals surface area contributed by atoms with E-state index in [0.717, 1.165) is 11.5 Å². The Morgan fingerprint density at radius 1 is 1.16 bits per heavy atom. The number of fused-ring (bicyclic) bond motifs is 1. The second kappa shape index (κ2) is 11.6. The normalized spacial score (nSPS) is 17.7. The fraction of sp³-hybridized carbons (Fsp3) is 0.429. The van der Waals surface area contributed by atoms with E-state index in [1.807, 2.05) is 23.8 Å². The molecule has 5 heterocycles. The van der Waals surface area contributed by atoms with E-state index in [2.05, 4.69) is 11.0 Å². The number of Topliss-reactive ketones (excluding diaryl/α,β-unsaturated/α-hetero) is 1. The third-order valence-electron chi connectivity index (χ3n) is 7.80. The van der Waals surface area contributed by atoms with Gasteiger partial charge in [-0.3, -0.25) is 14.5 Å². The van der Waals surface area contributed by atoms with Crippen LogP contribution in [0.15, 0.2) is 24.3 Å². The summed E-state index contributed by atoms with van der Waals surface area (Å²) in [6, 6.07) is 7.65. The Hall–Kier alpha value is -3.97. The Balaban J connectivity index is 1.26. The number of benzene rings is 1. The lowest BCUT2D eigenvalue weighted by Gasteiger charge is -2.42. The first kappa shape index (κ1) is 29.1. The topological polar surface area (TPSA) is 134 Å². The number of carbonyl (C=O) groups excluding carboxylic acids is 2. The Labute approximate surface area is 255 Å². The summed E-state index contributed by atoms with van der Waals surface area (Å²) in [5.74, 6) is 0.264. The minimum Gasteiger partial charge on any atom is -0.389 e. The summed E-state index contributed by atoms with van der Waals surface area (Å²) in [6.45, 7) is 5.86. The number of amides is 1. The van der Waals surface area contributed by atoms with Crippen LogP contribution in [-0.4, -0.2) is 105 Å². The highest BCUT2D eigenvalue weighted by molar-refractivity contribution is 7.20. The largest absolute Gasteiger partial charge is 0.389 e. The van der Waals surface area contributed by atoms with Crippen LogP contribution in [0.4, 0.5) is 20.5 Å². The van der Waals surface area contributed by atoms with Gasteiger partial charge in [0.25, 0.3) is 0 Å². The Morgan fingerprint density at radius 3 is 2.56 bits per heavy atom. The number of nitriles is 1. The maximum atomic E-state index is 13.5. The van der Waals surface area contributed by atoms with Crippen LogP contribution in [0.25, 0.3) is 16.2 Å². The number of aromatic nitrogens is 4. The Bertz CT molecular complexity index is 1720. The van der Waals surface area contributed by atoms with E-state index in [4.69, 9.17) is 15.1 Å². The number of hydrogen-bond acceptors (Lipinski definition) is 12. The smallest absolute Gasteiger partial charge is 0.236 e. The number of thiazole rings is 1. The van der Waals surface area contributed by atoms with E-state index in [1.165, 1.54) is 41.7 Å². The third-order valence-corrected chi connectivity index (χ3v) is 9.80. The first-order chi connectivity index (χ1) is 20.7. The van der Waals surface area contributed by atoms with Gasteiger partial charge in [-0.05, 0) is 37.6 Å². The predicted molar refractivity (Wildman–Crippen MR) is 161 cm³/mol. The SMILES string of the molecule is CCc1nc2sc(N3CCN(CC(=O)N4CC(O)C4)[C@H](C(C)=O)C3)nn2c1N(C)c1nc(-c2ccc(F)cc2)c(C#N)s1. The Morgan fingerprint density at radius 2 is 1.91 bits per heavy atom. The molecule has 2 aliphatic rings.